The van der Waals surface area contributed by atoms with Crippen molar-refractivity contribution >= 4 is 35.1 Å². The maximum absolute atomic E-state index is 6.11. The number of aliphatic imine (C=N–C) groups is 1. The number of methoxy groups -OCH3 is 1. The summed E-state index contributed by atoms with van der Waals surface area (Å²) < 4.78 is 16.0. The van der Waals surface area contributed by atoms with Crippen LogP contribution in [0.5, 0.6) is 17.2 Å². The first-order valence-electron chi connectivity index (χ1n) is 6.15. The minimum absolute atomic E-state index is 0.208. The van der Waals surface area contributed by atoms with Crippen LogP contribution in [0, 0.1) is 0 Å². The highest BCUT2D eigenvalue weighted by Gasteiger charge is 2.17. The Labute approximate surface area is 131 Å². The molecule has 0 unspecified atom stereocenters. The Morgan fingerprint density at radius 3 is 2.71 bits per heavy atom. The zero-order chi connectivity index (χ0) is 14.8. The highest BCUT2D eigenvalue weighted by molar-refractivity contribution is 6.43. The quantitative estimate of drug-likeness (QED) is 0.782. The third-order valence-electron chi connectivity index (χ3n) is 3.00. The summed E-state index contributed by atoms with van der Waals surface area (Å²) in [4.78, 5) is 4.35. The Kier molecular flexibility index (Phi) is 3.90. The molecule has 2 aromatic carbocycles. The van der Waals surface area contributed by atoms with E-state index in [0.29, 0.717) is 33.0 Å². The predicted octanol–water partition coefficient (Wildman–Crippen LogP) is 4.48. The number of rotatable bonds is 3. The van der Waals surface area contributed by atoms with E-state index in [0.717, 1.165) is 5.56 Å². The van der Waals surface area contributed by atoms with Gasteiger partial charge in [0.1, 0.15) is 5.75 Å². The zero-order valence-electron chi connectivity index (χ0n) is 11.1. The molecule has 0 fully saturated rings. The number of fused-ring (bicyclic) bond motifs is 1. The van der Waals surface area contributed by atoms with Gasteiger partial charge in [-0.1, -0.05) is 29.3 Å². The summed E-state index contributed by atoms with van der Waals surface area (Å²) >= 11 is 12.1. The van der Waals surface area contributed by atoms with E-state index in [4.69, 9.17) is 37.4 Å². The summed E-state index contributed by atoms with van der Waals surface area (Å²) in [6.07, 6.45) is 1.65. The predicted molar refractivity (Wildman–Crippen MR) is 82.8 cm³/mol. The number of benzene rings is 2. The van der Waals surface area contributed by atoms with Gasteiger partial charge in [0.15, 0.2) is 11.5 Å². The lowest BCUT2D eigenvalue weighted by Gasteiger charge is -2.06. The summed E-state index contributed by atoms with van der Waals surface area (Å²) in [5, 5.41) is 0.874. The van der Waals surface area contributed by atoms with Crippen LogP contribution in [0.4, 0.5) is 5.69 Å². The van der Waals surface area contributed by atoms with Crippen LogP contribution >= 0.6 is 23.2 Å². The largest absolute Gasteiger partial charge is 0.496 e. The average Bonchev–Trinajstić information content (AvgIpc) is 2.95. The van der Waals surface area contributed by atoms with Crippen molar-refractivity contribution in [2.75, 3.05) is 13.9 Å². The molecule has 1 heterocycles. The van der Waals surface area contributed by atoms with Crippen molar-refractivity contribution in [1.29, 1.82) is 0 Å². The second kappa shape index (κ2) is 5.84. The summed E-state index contributed by atoms with van der Waals surface area (Å²) in [6, 6.07) is 8.86. The van der Waals surface area contributed by atoms with Gasteiger partial charge in [0.2, 0.25) is 6.79 Å². The minimum Gasteiger partial charge on any atom is -0.496 e. The van der Waals surface area contributed by atoms with Gasteiger partial charge in [-0.25, -0.2) is 0 Å². The molecule has 0 saturated carbocycles. The molecule has 0 amide bonds. The maximum atomic E-state index is 6.11. The molecule has 1 aliphatic rings. The molecule has 4 nitrogen and oxygen atoms in total. The molecule has 0 bridgehead atoms. The molecular weight excluding hydrogens is 313 g/mol. The molecule has 0 saturated heterocycles. The van der Waals surface area contributed by atoms with Crippen molar-refractivity contribution in [1.82, 2.24) is 0 Å². The number of hydrogen-bond acceptors (Lipinski definition) is 4. The van der Waals surface area contributed by atoms with E-state index >= 15 is 0 Å². The lowest BCUT2D eigenvalue weighted by molar-refractivity contribution is 0.174. The molecule has 0 aliphatic carbocycles. The van der Waals surface area contributed by atoms with Crippen LogP contribution in [-0.4, -0.2) is 20.1 Å². The van der Waals surface area contributed by atoms with Gasteiger partial charge in [-0.05, 0) is 18.2 Å². The van der Waals surface area contributed by atoms with Gasteiger partial charge in [-0.3, -0.25) is 4.99 Å². The molecule has 3 rings (SSSR count). The van der Waals surface area contributed by atoms with Gasteiger partial charge >= 0.3 is 0 Å². The van der Waals surface area contributed by atoms with Gasteiger partial charge in [-0.2, -0.15) is 0 Å². The highest BCUT2D eigenvalue weighted by Crippen LogP contribution is 2.38. The van der Waals surface area contributed by atoms with Crippen molar-refractivity contribution in [3.63, 3.8) is 0 Å². The van der Waals surface area contributed by atoms with Crippen LogP contribution in [0.25, 0.3) is 0 Å². The lowest BCUT2D eigenvalue weighted by Crippen LogP contribution is -1.92. The number of halogens is 2. The van der Waals surface area contributed by atoms with Crippen molar-refractivity contribution in [3.8, 4) is 17.2 Å². The van der Waals surface area contributed by atoms with E-state index < -0.39 is 0 Å². The van der Waals surface area contributed by atoms with Gasteiger partial charge in [0, 0.05) is 17.8 Å². The van der Waals surface area contributed by atoms with Gasteiger partial charge in [0.25, 0.3) is 0 Å². The molecule has 0 atom stereocenters. The Hall–Kier alpha value is -1.91. The molecule has 21 heavy (non-hydrogen) atoms. The molecule has 2 aromatic rings. The first-order chi connectivity index (χ1) is 10.2. The lowest BCUT2D eigenvalue weighted by atomic mass is 10.2. The Morgan fingerprint density at radius 1 is 1.19 bits per heavy atom. The van der Waals surface area contributed by atoms with Crippen LogP contribution in [0.1, 0.15) is 5.56 Å². The number of nitrogens with zero attached hydrogens (tertiary/aromatic N) is 1. The fourth-order valence-corrected chi connectivity index (χ4v) is 2.29. The fourth-order valence-electron chi connectivity index (χ4n) is 1.95. The van der Waals surface area contributed by atoms with Gasteiger partial charge in [-0.15, -0.1) is 0 Å². The van der Waals surface area contributed by atoms with Gasteiger partial charge in [0.05, 0.1) is 22.8 Å². The van der Waals surface area contributed by atoms with E-state index in [1.807, 2.05) is 6.07 Å². The summed E-state index contributed by atoms with van der Waals surface area (Å²) in [5.74, 6) is 1.96. The summed E-state index contributed by atoms with van der Waals surface area (Å²) in [5.41, 5.74) is 1.35. The van der Waals surface area contributed by atoms with Crippen LogP contribution < -0.4 is 14.2 Å². The third-order valence-corrected chi connectivity index (χ3v) is 3.81. The maximum Gasteiger partial charge on any atom is 0.231 e. The smallest absolute Gasteiger partial charge is 0.231 e. The highest BCUT2D eigenvalue weighted by atomic mass is 35.5. The first kappa shape index (κ1) is 14.0. The average molecular weight is 324 g/mol. The van der Waals surface area contributed by atoms with Crippen LogP contribution in [0.3, 0.4) is 0 Å². The topological polar surface area (TPSA) is 40.0 Å². The fraction of sp³-hybridized carbons (Fsp3) is 0.133. The second-order valence-electron chi connectivity index (χ2n) is 4.28. The van der Waals surface area contributed by atoms with Crippen molar-refractivity contribution in [3.05, 3.63) is 45.9 Å². The molecule has 0 N–H and O–H groups in total. The van der Waals surface area contributed by atoms with E-state index in [9.17, 15) is 0 Å². The van der Waals surface area contributed by atoms with E-state index in [2.05, 4.69) is 4.99 Å². The number of hydrogen-bond donors (Lipinski definition) is 0. The minimum atomic E-state index is 0.208. The molecule has 0 radical (unpaired) electrons. The van der Waals surface area contributed by atoms with Gasteiger partial charge < -0.3 is 14.2 Å². The van der Waals surface area contributed by atoms with E-state index in [-0.39, 0.29) is 6.79 Å². The van der Waals surface area contributed by atoms with Crippen molar-refractivity contribution in [2.24, 2.45) is 4.99 Å². The standard InChI is InChI=1S/C15H11Cl2NO3/c1-19-12-6-14-13(20-8-21-14)5-9(12)7-18-11-4-2-3-10(16)15(11)17/h2-7H,8H2,1H3. The molecule has 1 aliphatic heterocycles. The molecule has 108 valence electrons. The molecule has 6 heteroatoms. The van der Waals surface area contributed by atoms with E-state index in [1.54, 1.807) is 37.6 Å². The van der Waals surface area contributed by atoms with Crippen molar-refractivity contribution < 1.29 is 14.2 Å². The Balaban J connectivity index is 1.97. The van der Waals surface area contributed by atoms with Crippen LogP contribution in [0.15, 0.2) is 35.3 Å². The SMILES string of the molecule is COc1cc2c(cc1C=Nc1cccc(Cl)c1Cl)OCO2. The van der Waals surface area contributed by atoms with Crippen LogP contribution in [0.2, 0.25) is 10.0 Å². The Bertz CT molecular complexity index is 716. The van der Waals surface area contributed by atoms with Crippen molar-refractivity contribution in [2.45, 2.75) is 0 Å². The monoisotopic (exact) mass is 323 g/mol. The summed E-state index contributed by atoms with van der Waals surface area (Å²) in [7, 11) is 1.58. The van der Waals surface area contributed by atoms with E-state index in [1.165, 1.54) is 0 Å². The number of ether oxygens (including phenoxy) is 3. The first-order valence-corrected chi connectivity index (χ1v) is 6.90. The molecular formula is C15H11Cl2NO3. The third kappa shape index (κ3) is 2.77. The summed E-state index contributed by atoms with van der Waals surface area (Å²) in [6.45, 7) is 0.208. The Morgan fingerprint density at radius 2 is 1.95 bits per heavy atom. The molecule has 0 spiro atoms. The second-order valence-corrected chi connectivity index (χ2v) is 5.06. The van der Waals surface area contributed by atoms with Crippen LogP contribution in [-0.2, 0) is 0 Å². The zero-order valence-corrected chi connectivity index (χ0v) is 12.6. The molecule has 0 aromatic heterocycles. The normalized spacial score (nSPS) is 12.9.